The number of likely N-dealkylation sites (tertiary alicyclic amines) is 1. The van der Waals surface area contributed by atoms with Crippen LogP contribution in [0.25, 0.3) is 0 Å². The first kappa shape index (κ1) is 20.9. The van der Waals surface area contributed by atoms with Gasteiger partial charge in [-0.15, -0.1) is 0 Å². The molecule has 1 aliphatic rings. The Bertz CT molecular complexity index is 693. The molecule has 0 bridgehead atoms. The van der Waals surface area contributed by atoms with Crippen molar-refractivity contribution in [3.05, 3.63) is 29.8 Å². The topological polar surface area (TPSA) is 92.5 Å². The second-order valence-electron chi connectivity index (χ2n) is 7.62. The molecule has 2 rings (SSSR count). The lowest BCUT2D eigenvalue weighted by molar-refractivity contribution is -0.134. The Kier molecular flexibility index (Phi) is 7.20. The third-order valence-electron chi connectivity index (χ3n) is 4.89. The van der Waals surface area contributed by atoms with Crippen LogP contribution in [0.15, 0.2) is 29.2 Å². The second kappa shape index (κ2) is 8.97. The Morgan fingerprint density at radius 2 is 1.81 bits per heavy atom. The van der Waals surface area contributed by atoms with Crippen molar-refractivity contribution >= 4 is 15.9 Å². The summed E-state index contributed by atoms with van der Waals surface area (Å²) in [5, 5.41) is 0. The highest BCUT2D eigenvalue weighted by Gasteiger charge is 2.31. The van der Waals surface area contributed by atoms with Crippen LogP contribution in [0, 0.1) is 18.8 Å². The van der Waals surface area contributed by atoms with Crippen molar-refractivity contribution in [3.63, 3.8) is 0 Å². The molecule has 0 aromatic heterocycles. The molecule has 1 aliphatic heterocycles. The lowest BCUT2D eigenvalue weighted by Crippen LogP contribution is -2.51. The molecular weight excluding hydrogens is 350 g/mol. The summed E-state index contributed by atoms with van der Waals surface area (Å²) in [6.45, 7) is 7.79. The van der Waals surface area contributed by atoms with Crippen molar-refractivity contribution in [1.29, 1.82) is 0 Å². The van der Waals surface area contributed by atoms with Gasteiger partial charge in [0.15, 0.2) is 0 Å². The molecule has 146 valence electrons. The van der Waals surface area contributed by atoms with Gasteiger partial charge in [-0.25, -0.2) is 8.42 Å². The number of piperidine rings is 1. The third kappa shape index (κ3) is 5.53. The largest absolute Gasteiger partial charge is 0.341 e. The van der Waals surface area contributed by atoms with Gasteiger partial charge in [0.05, 0.1) is 4.90 Å². The first-order valence-electron chi connectivity index (χ1n) is 9.30. The molecule has 0 aliphatic carbocycles. The van der Waals surface area contributed by atoms with E-state index in [0.29, 0.717) is 32.0 Å². The van der Waals surface area contributed by atoms with Crippen molar-refractivity contribution in [1.82, 2.24) is 9.62 Å². The number of carbonyl (C=O) groups is 1. The lowest BCUT2D eigenvalue weighted by atomic mass is 9.96. The third-order valence-corrected chi connectivity index (χ3v) is 6.38. The monoisotopic (exact) mass is 381 g/mol. The van der Waals surface area contributed by atoms with Gasteiger partial charge in [-0.05, 0) is 56.7 Å². The van der Waals surface area contributed by atoms with Crippen LogP contribution in [0.3, 0.4) is 0 Å². The quantitative estimate of drug-likeness (QED) is 0.754. The number of nitrogens with one attached hydrogen (secondary N) is 1. The van der Waals surface area contributed by atoms with E-state index >= 15 is 0 Å². The molecule has 3 N–H and O–H groups in total. The normalized spacial score (nSPS) is 17.5. The number of sulfonamides is 1. The van der Waals surface area contributed by atoms with Gasteiger partial charge in [0.1, 0.15) is 6.04 Å². The molecule has 0 radical (unpaired) electrons. The number of rotatable bonds is 7. The Hall–Kier alpha value is -1.44. The van der Waals surface area contributed by atoms with E-state index in [1.807, 2.05) is 20.8 Å². The highest BCUT2D eigenvalue weighted by atomic mass is 32.2. The molecule has 1 heterocycles. The van der Waals surface area contributed by atoms with E-state index in [0.717, 1.165) is 18.4 Å². The molecule has 1 atom stereocenters. The highest BCUT2D eigenvalue weighted by molar-refractivity contribution is 7.89. The number of aryl methyl sites for hydroxylation is 1. The number of carbonyl (C=O) groups excluding carboxylic acids is 1. The Morgan fingerprint density at radius 3 is 2.31 bits per heavy atom. The van der Waals surface area contributed by atoms with Gasteiger partial charge in [0, 0.05) is 13.1 Å². The minimum atomic E-state index is -3.74. The maximum Gasteiger partial charge on any atom is 0.241 e. The first-order chi connectivity index (χ1) is 12.2. The standard InChI is InChI=1S/C19H31N3O3S/c1-14(2)12-18(19(23)22-10-8-16(13-20)9-11-22)21-26(24,25)17-6-4-15(3)5-7-17/h4-7,14,16,18,21H,8-13,20H2,1-3H3. The van der Waals surface area contributed by atoms with Gasteiger partial charge >= 0.3 is 0 Å². The van der Waals surface area contributed by atoms with Crippen LogP contribution >= 0.6 is 0 Å². The fraction of sp³-hybridized carbons (Fsp3) is 0.632. The van der Waals surface area contributed by atoms with Crippen molar-refractivity contribution in [2.75, 3.05) is 19.6 Å². The van der Waals surface area contributed by atoms with Crippen LogP contribution in [-0.2, 0) is 14.8 Å². The molecular formula is C19H31N3O3S. The van der Waals surface area contributed by atoms with Gasteiger partial charge in [0.25, 0.3) is 0 Å². The minimum Gasteiger partial charge on any atom is -0.341 e. The Labute approximate surface area is 157 Å². The number of hydrogen-bond acceptors (Lipinski definition) is 4. The van der Waals surface area contributed by atoms with Crippen LogP contribution in [0.2, 0.25) is 0 Å². The summed E-state index contributed by atoms with van der Waals surface area (Å²) >= 11 is 0. The van der Waals surface area contributed by atoms with Gasteiger partial charge in [0.2, 0.25) is 15.9 Å². The predicted octanol–water partition coefficient (Wildman–Crippen LogP) is 1.89. The lowest BCUT2D eigenvalue weighted by Gasteiger charge is -2.34. The molecule has 1 saturated heterocycles. The summed E-state index contributed by atoms with van der Waals surface area (Å²) in [7, 11) is -3.74. The molecule has 1 aromatic rings. The second-order valence-corrected chi connectivity index (χ2v) is 9.33. The van der Waals surface area contributed by atoms with E-state index in [2.05, 4.69) is 4.72 Å². The Balaban J connectivity index is 2.13. The zero-order chi connectivity index (χ0) is 19.3. The van der Waals surface area contributed by atoms with Crippen LogP contribution in [-0.4, -0.2) is 44.9 Å². The average molecular weight is 382 g/mol. The van der Waals surface area contributed by atoms with Crippen molar-refractivity contribution in [2.24, 2.45) is 17.6 Å². The van der Waals surface area contributed by atoms with E-state index in [1.165, 1.54) is 0 Å². The van der Waals surface area contributed by atoms with Crippen molar-refractivity contribution < 1.29 is 13.2 Å². The van der Waals surface area contributed by atoms with Crippen LogP contribution in [0.5, 0.6) is 0 Å². The molecule has 7 heteroatoms. The maximum atomic E-state index is 13.0. The number of nitrogens with zero attached hydrogens (tertiary/aromatic N) is 1. The zero-order valence-corrected chi connectivity index (χ0v) is 16.8. The zero-order valence-electron chi connectivity index (χ0n) is 15.9. The van der Waals surface area contributed by atoms with Gasteiger partial charge in [-0.3, -0.25) is 4.79 Å². The summed E-state index contributed by atoms with van der Waals surface area (Å²) in [6, 6.07) is 5.91. The van der Waals surface area contributed by atoms with E-state index in [1.54, 1.807) is 29.2 Å². The predicted molar refractivity (Wildman–Crippen MR) is 103 cm³/mol. The fourth-order valence-corrected chi connectivity index (χ4v) is 4.46. The Morgan fingerprint density at radius 1 is 1.23 bits per heavy atom. The first-order valence-corrected chi connectivity index (χ1v) is 10.8. The van der Waals surface area contributed by atoms with Crippen LogP contribution < -0.4 is 10.5 Å². The average Bonchev–Trinajstić information content (AvgIpc) is 2.60. The van der Waals surface area contributed by atoms with Crippen molar-refractivity contribution in [3.8, 4) is 0 Å². The summed E-state index contributed by atoms with van der Waals surface area (Å²) < 4.78 is 28.1. The summed E-state index contributed by atoms with van der Waals surface area (Å²) in [6.07, 6.45) is 2.23. The van der Waals surface area contributed by atoms with Gasteiger partial charge < -0.3 is 10.6 Å². The molecule has 6 nitrogen and oxygen atoms in total. The van der Waals surface area contributed by atoms with Gasteiger partial charge in [-0.1, -0.05) is 31.5 Å². The smallest absolute Gasteiger partial charge is 0.241 e. The molecule has 1 aromatic carbocycles. The van der Waals surface area contributed by atoms with E-state index in [4.69, 9.17) is 5.73 Å². The molecule has 0 saturated carbocycles. The summed E-state index contributed by atoms with van der Waals surface area (Å²) in [5.74, 6) is 0.517. The summed E-state index contributed by atoms with van der Waals surface area (Å²) in [4.78, 5) is 14.9. The maximum absolute atomic E-state index is 13.0. The molecule has 0 spiro atoms. The summed E-state index contributed by atoms with van der Waals surface area (Å²) in [5.41, 5.74) is 6.70. The van der Waals surface area contributed by atoms with E-state index < -0.39 is 16.1 Å². The minimum absolute atomic E-state index is 0.134. The SMILES string of the molecule is Cc1ccc(S(=O)(=O)NC(CC(C)C)C(=O)N2CCC(CN)CC2)cc1. The number of hydrogen-bond donors (Lipinski definition) is 2. The number of nitrogens with two attached hydrogens (primary N) is 1. The van der Waals surface area contributed by atoms with Crippen LogP contribution in [0.4, 0.5) is 0 Å². The number of amides is 1. The van der Waals surface area contributed by atoms with Gasteiger partial charge in [-0.2, -0.15) is 4.72 Å². The molecule has 1 unspecified atom stereocenters. The molecule has 26 heavy (non-hydrogen) atoms. The number of benzene rings is 1. The molecule has 1 amide bonds. The van der Waals surface area contributed by atoms with E-state index in [-0.39, 0.29) is 16.7 Å². The molecule has 1 fully saturated rings. The van der Waals surface area contributed by atoms with E-state index in [9.17, 15) is 13.2 Å². The highest BCUT2D eigenvalue weighted by Crippen LogP contribution is 2.19. The fourth-order valence-electron chi connectivity index (χ4n) is 3.25. The van der Waals surface area contributed by atoms with Crippen LogP contribution in [0.1, 0.15) is 38.7 Å². The van der Waals surface area contributed by atoms with Crippen molar-refractivity contribution in [2.45, 2.75) is 51.0 Å².